The molecule has 0 saturated carbocycles. The first-order chi connectivity index (χ1) is 20.2. The standard InChI is InChI=1S/C30H37N3O8S/c34-27-19-33(30(37)41-20-23-8-3-1-4-9-23)13-7-12-26(27)31-29(36)25(18-28(35)32-14-16-40-17-15-32)22-42(38,39)21-24-10-5-2-6-11-24/h1-6,8-11,25-26H,7,12-22H2,(H,31,36). The van der Waals surface area contributed by atoms with Crippen molar-refractivity contribution in [3.63, 3.8) is 0 Å². The van der Waals surface area contributed by atoms with Gasteiger partial charge in [-0.15, -0.1) is 0 Å². The van der Waals surface area contributed by atoms with Crippen LogP contribution in [0.1, 0.15) is 30.4 Å². The van der Waals surface area contributed by atoms with Crippen LogP contribution in [0.15, 0.2) is 60.7 Å². The molecule has 2 aromatic carbocycles. The smallest absolute Gasteiger partial charge is 0.410 e. The van der Waals surface area contributed by atoms with Gasteiger partial charge in [-0.2, -0.15) is 0 Å². The largest absolute Gasteiger partial charge is 0.445 e. The number of carbonyl (C=O) groups excluding carboxylic acids is 4. The Morgan fingerprint density at radius 2 is 1.57 bits per heavy atom. The van der Waals surface area contributed by atoms with Crippen LogP contribution in [0.2, 0.25) is 0 Å². The van der Waals surface area contributed by atoms with E-state index in [1.54, 1.807) is 35.2 Å². The number of carbonyl (C=O) groups is 4. The Bertz CT molecular complexity index is 1330. The summed E-state index contributed by atoms with van der Waals surface area (Å²) in [6, 6.07) is 16.9. The van der Waals surface area contributed by atoms with Gasteiger partial charge in [0.15, 0.2) is 15.6 Å². The van der Waals surface area contributed by atoms with Crippen LogP contribution in [0, 0.1) is 5.92 Å². The van der Waals surface area contributed by atoms with Crippen LogP contribution in [0.25, 0.3) is 0 Å². The Balaban J connectivity index is 1.39. The molecule has 2 aliphatic heterocycles. The lowest BCUT2D eigenvalue weighted by molar-refractivity contribution is -0.139. The molecule has 3 amide bonds. The number of likely N-dealkylation sites (tertiary alicyclic amines) is 1. The lowest BCUT2D eigenvalue weighted by Gasteiger charge is -2.28. The molecule has 2 atom stereocenters. The normalized spacial score (nSPS) is 18.6. The van der Waals surface area contributed by atoms with E-state index in [2.05, 4.69) is 5.32 Å². The van der Waals surface area contributed by atoms with Crippen LogP contribution in [0.3, 0.4) is 0 Å². The van der Waals surface area contributed by atoms with Crippen LogP contribution < -0.4 is 5.32 Å². The van der Waals surface area contributed by atoms with E-state index in [0.717, 1.165) is 5.56 Å². The topological polar surface area (TPSA) is 139 Å². The zero-order chi connectivity index (χ0) is 30.0. The number of rotatable bonds is 10. The summed E-state index contributed by atoms with van der Waals surface area (Å²) in [5, 5.41) is 2.69. The molecule has 11 nitrogen and oxygen atoms in total. The van der Waals surface area contributed by atoms with Gasteiger partial charge in [-0.25, -0.2) is 13.2 Å². The number of benzene rings is 2. The molecule has 0 spiro atoms. The second-order valence-electron chi connectivity index (χ2n) is 10.6. The fourth-order valence-electron chi connectivity index (χ4n) is 5.01. The fourth-order valence-corrected chi connectivity index (χ4v) is 6.71. The molecule has 2 saturated heterocycles. The van der Waals surface area contributed by atoms with E-state index < -0.39 is 39.6 Å². The van der Waals surface area contributed by atoms with E-state index in [9.17, 15) is 27.6 Å². The Morgan fingerprint density at radius 1 is 0.929 bits per heavy atom. The zero-order valence-corrected chi connectivity index (χ0v) is 24.3. The maximum atomic E-state index is 13.5. The lowest BCUT2D eigenvalue weighted by atomic mass is 10.0. The number of nitrogens with one attached hydrogen (secondary N) is 1. The summed E-state index contributed by atoms with van der Waals surface area (Å²) in [7, 11) is -3.78. The molecule has 1 N–H and O–H groups in total. The molecule has 2 heterocycles. The Hall–Kier alpha value is -3.77. The summed E-state index contributed by atoms with van der Waals surface area (Å²) in [6.07, 6.45) is -0.229. The minimum absolute atomic E-state index is 0.0703. The summed E-state index contributed by atoms with van der Waals surface area (Å²) in [5.74, 6) is -3.39. The minimum atomic E-state index is -3.78. The van der Waals surface area contributed by atoms with E-state index in [4.69, 9.17) is 9.47 Å². The molecule has 226 valence electrons. The molecule has 2 unspecified atom stereocenters. The Morgan fingerprint density at radius 3 is 2.24 bits per heavy atom. The molecule has 0 aliphatic carbocycles. The molecule has 2 aromatic rings. The summed E-state index contributed by atoms with van der Waals surface area (Å²) in [4.78, 5) is 55.1. The van der Waals surface area contributed by atoms with Crippen LogP contribution in [-0.2, 0) is 46.1 Å². The van der Waals surface area contributed by atoms with Gasteiger partial charge < -0.3 is 24.6 Å². The third-order valence-electron chi connectivity index (χ3n) is 7.28. The first-order valence-electron chi connectivity index (χ1n) is 14.1. The molecule has 12 heteroatoms. The van der Waals surface area contributed by atoms with Gasteiger partial charge in [0.2, 0.25) is 11.8 Å². The average Bonchev–Trinajstić information content (AvgIpc) is 3.17. The van der Waals surface area contributed by atoms with Crippen molar-refractivity contribution in [3.05, 3.63) is 71.8 Å². The van der Waals surface area contributed by atoms with Gasteiger partial charge >= 0.3 is 6.09 Å². The number of ether oxygens (including phenoxy) is 2. The summed E-state index contributed by atoms with van der Waals surface area (Å²) >= 11 is 0. The van der Waals surface area contributed by atoms with E-state index in [0.29, 0.717) is 38.3 Å². The highest BCUT2D eigenvalue weighted by molar-refractivity contribution is 7.90. The third-order valence-corrected chi connectivity index (χ3v) is 8.96. The predicted molar refractivity (Wildman–Crippen MR) is 154 cm³/mol. The van der Waals surface area contributed by atoms with E-state index in [-0.39, 0.29) is 50.0 Å². The van der Waals surface area contributed by atoms with Gasteiger partial charge in [-0.1, -0.05) is 60.7 Å². The maximum absolute atomic E-state index is 13.5. The van der Waals surface area contributed by atoms with E-state index >= 15 is 0 Å². The maximum Gasteiger partial charge on any atom is 0.410 e. The fraction of sp³-hybridized carbons (Fsp3) is 0.467. The van der Waals surface area contributed by atoms with Crippen molar-refractivity contribution in [2.45, 2.75) is 37.7 Å². The molecule has 0 aromatic heterocycles. The molecule has 2 fully saturated rings. The SMILES string of the molecule is O=C(NC1CCCN(C(=O)OCc2ccccc2)CC1=O)C(CC(=O)N1CCOCC1)CS(=O)(=O)Cc1ccccc1. The van der Waals surface area contributed by atoms with Gasteiger partial charge in [0.05, 0.1) is 43.2 Å². The number of morpholine rings is 1. The predicted octanol–water partition coefficient (Wildman–Crippen LogP) is 1.95. The minimum Gasteiger partial charge on any atom is -0.445 e. The Labute approximate surface area is 246 Å². The highest BCUT2D eigenvalue weighted by Gasteiger charge is 2.34. The van der Waals surface area contributed by atoms with Crippen LogP contribution in [-0.4, -0.2) is 93.1 Å². The zero-order valence-electron chi connectivity index (χ0n) is 23.5. The van der Waals surface area contributed by atoms with Gasteiger partial charge in [0.1, 0.15) is 6.61 Å². The Kier molecular flexibility index (Phi) is 11.1. The summed E-state index contributed by atoms with van der Waals surface area (Å²) in [6.45, 7) is 1.56. The number of hydrogen-bond acceptors (Lipinski definition) is 8. The van der Waals surface area contributed by atoms with Gasteiger partial charge in [-0.05, 0) is 24.0 Å². The number of nitrogens with zero attached hydrogens (tertiary/aromatic N) is 2. The second kappa shape index (κ2) is 14.9. The third kappa shape index (κ3) is 9.38. The van der Waals surface area contributed by atoms with Crippen LogP contribution in [0.5, 0.6) is 0 Å². The average molecular weight is 600 g/mol. The van der Waals surface area contributed by atoms with Crippen molar-refractivity contribution >= 4 is 33.5 Å². The molecular weight excluding hydrogens is 562 g/mol. The summed E-state index contributed by atoms with van der Waals surface area (Å²) < 4.78 is 36.9. The van der Waals surface area contributed by atoms with Crippen LogP contribution in [0.4, 0.5) is 4.79 Å². The van der Waals surface area contributed by atoms with Crippen molar-refractivity contribution in [3.8, 4) is 0 Å². The molecule has 0 radical (unpaired) electrons. The highest BCUT2D eigenvalue weighted by Crippen LogP contribution is 2.18. The number of ketones is 1. The molecule has 42 heavy (non-hydrogen) atoms. The van der Waals surface area contributed by atoms with Gasteiger partial charge in [0.25, 0.3) is 0 Å². The van der Waals surface area contributed by atoms with E-state index in [1.165, 1.54) is 4.90 Å². The van der Waals surface area contributed by atoms with Gasteiger partial charge in [-0.3, -0.25) is 14.4 Å². The number of Topliss-reactive ketones (excluding diaryl/α,β-unsaturated/α-hetero) is 1. The van der Waals surface area contributed by atoms with Gasteiger partial charge in [0, 0.05) is 26.1 Å². The van der Waals surface area contributed by atoms with E-state index in [1.807, 2.05) is 30.3 Å². The van der Waals surface area contributed by atoms with Crippen molar-refractivity contribution in [1.29, 1.82) is 0 Å². The van der Waals surface area contributed by atoms with Crippen LogP contribution >= 0.6 is 0 Å². The quantitative estimate of drug-likeness (QED) is 0.437. The monoisotopic (exact) mass is 599 g/mol. The molecular formula is C30H37N3O8S. The van der Waals surface area contributed by atoms with Crippen molar-refractivity contribution in [1.82, 2.24) is 15.1 Å². The second-order valence-corrected chi connectivity index (χ2v) is 12.7. The first kappa shape index (κ1) is 31.2. The van der Waals surface area contributed by atoms with Crippen molar-refractivity contribution < 1.29 is 37.1 Å². The highest BCUT2D eigenvalue weighted by atomic mass is 32.2. The number of amides is 3. The van der Waals surface area contributed by atoms with Crippen molar-refractivity contribution in [2.24, 2.45) is 5.92 Å². The van der Waals surface area contributed by atoms with Crippen molar-refractivity contribution in [2.75, 3.05) is 45.1 Å². The molecule has 2 aliphatic rings. The molecule has 0 bridgehead atoms. The lowest BCUT2D eigenvalue weighted by Crippen LogP contribution is -2.48. The first-order valence-corrected chi connectivity index (χ1v) is 15.9. The molecule has 4 rings (SSSR count). The number of sulfone groups is 1. The number of hydrogen-bond donors (Lipinski definition) is 1. The summed E-state index contributed by atoms with van der Waals surface area (Å²) in [5.41, 5.74) is 1.39.